The zero-order valence-electron chi connectivity index (χ0n) is 29.6. The molecule has 0 aliphatic carbocycles. The van der Waals surface area contributed by atoms with Gasteiger partial charge in [0.2, 0.25) is 0 Å². The van der Waals surface area contributed by atoms with Crippen molar-refractivity contribution >= 4 is 28.7 Å². The van der Waals surface area contributed by atoms with Crippen molar-refractivity contribution in [3.8, 4) is 17.2 Å². The van der Waals surface area contributed by atoms with Crippen LogP contribution in [-0.4, -0.2) is 33.3 Å². The van der Waals surface area contributed by atoms with Gasteiger partial charge < -0.3 is 24.0 Å². The van der Waals surface area contributed by atoms with Crippen molar-refractivity contribution in [1.82, 2.24) is 0 Å². The van der Waals surface area contributed by atoms with Crippen LogP contribution in [0.2, 0.25) is 0 Å². The summed E-state index contributed by atoms with van der Waals surface area (Å²) in [5, 5.41) is 0. The number of methoxy groups -OCH3 is 2. The molecule has 252 valence electrons. The molecule has 0 amide bonds. The van der Waals surface area contributed by atoms with E-state index in [9.17, 15) is 4.79 Å². The fraction of sp³-hybridized carbons (Fsp3) is 0.279. The van der Waals surface area contributed by atoms with Crippen LogP contribution in [0, 0.1) is 19.8 Å². The first-order valence-corrected chi connectivity index (χ1v) is 17.1. The van der Waals surface area contributed by atoms with Gasteiger partial charge in [-0.1, -0.05) is 73.5 Å². The van der Waals surface area contributed by atoms with Crippen LogP contribution in [0.25, 0.3) is 0 Å². The fourth-order valence-corrected chi connectivity index (χ4v) is 6.63. The third kappa shape index (κ3) is 6.86. The molecule has 1 heterocycles. The minimum Gasteiger partial charge on any atom is -0.494 e. The summed E-state index contributed by atoms with van der Waals surface area (Å²) in [5.41, 5.74) is 9.64. The zero-order valence-corrected chi connectivity index (χ0v) is 29.6. The maximum Gasteiger partial charge on any atom is 0.338 e. The minimum atomic E-state index is -0.373. The summed E-state index contributed by atoms with van der Waals surface area (Å²) in [4.78, 5) is 17.8. The third-order valence-electron chi connectivity index (χ3n) is 9.38. The van der Waals surface area contributed by atoms with Crippen molar-refractivity contribution < 1.29 is 19.0 Å². The fourth-order valence-electron chi connectivity index (χ4n) is 6.63. The maximum absolute atomic E-state index is 13.2. The van der Waals surface area contributed by atoms with Crippen molar-refractivity contribution in [2.45, 2.75) is 47.0 Å². The van der Waals surface area contributed by atoms with E-state index in [0.717, 1.165) is 64.7 Å². The van der Waals surface area contributed by atoms with Gasteiger partial charge in [0.15, 0.2) is 0 Å². The van der Waals surface area contributed by atoms with Crippen LogP contribution in [0.1, 0.15) is 71.3 Å². The number of hydrogen-bond donors (Lipinski definition) is 0. The van der Waals surface area contributed by atoms with E-state index in [-0.39, 0.29) is 11.9 Å². The normalized spacial score (nSPS) is 13.3. The number of benzene rings is 5. The van der Waals surface area contributed by atoms with E-state index < -0.39 is 0 Å². The molecule has 0 aromatic heterocycles. The summed E-state index contributed by atoms with van der Waals surface area (Å²) < 4.78 is 18.2. The number of carbonyl (C=O) groups is 1. The first-order valence-electron chi connectivity index (χ1n) is 17.1. The molecule has 1 unspecified atom stereocenters. The summed E-state index contributed by atoms with van der Waals surface area (Å²) in [5.74, 6) is 2.05. The van der Waals surface area contributed by atoms with Crippen molar-refractivity contribution in [3.05, 3.63) is 137 Å². The van der Waals surface area contributed by atoms with Crippen LogP contribution < -0.4 is 19.3 Å². The highest BCUT2D eigenvalue weighted by molar-refractivity contribution is 5.92. The van der Waals surface area contributed by atoms with Crippen LogP contribution in [0.15, 0.2) is 103 Å². The molecule has 0 saturated carbocycles. The van der Waals surface area contributed by atoms with E-state index in [1.165, 1.54) is 18.2 Å². The average Bonchev–Trinajstić information content (AvgIpc) is 3.11. The Morgan fingerprint density at radius 2 is 1.37 bits per heavy atom. The van der Waals surface area contributed by atoms with Gasteiger partial charge in [0, 0.05) is 59.3 Å². The SMILES string of the molecule is CCN(CCC(C)C)c1ccc2c(c1)Oc1cc(OC)c(N(c3ccc(C)cc3)c3ccc(C)cc3)cc1C2c1ccccc1C(=O)OC. The first kappa shape index (κ1) is 33.7. The van der Waals surface area contributed by atoms with E-state index >= 15 is 0 Å². The lowest BCUT2D eigenvalue weighted by Crippen LogP contribution is -2.25. The number of anilines is 4. The highest BCUT2D eigenvalue weighted by Crippen LogP contribution is 2.53. The Balaban J connectivity index is 1.58. The number of aryl methyl sites for hydroxylation is 2. The van der Waals surface area contributed by atoms with Gasteiger partial charge in [-0.3, -0.25) is 0 Å². The molecule has 0 fully saturated rings. The van der Waals surface area contributed by atoms with E-state index in [2.05, 4.69) is 117 Å². The first-order chi connectivity index (χ1) is 23.7. The summed E-state index contributed by atoms with van der Waals surface area (Å²) in [6, 6.07) is 35.3. The van der Waals surface area contributed by atoms with E-state index in [4.69, 9.17) is 14.2 Å². The number of rotatable bonds is 11. The van der Waals surface area contributed by atoms with Crippen molar-refractivity contribution in [3.63, 3.8) is 0 Å². The van der Waals surface area contributed by atoms with Crippen LogP contribution in [0.4, 0.5) is 22.7 Å². The van der Waals surface area contributed by atoms with Gasteiger partial charge in [-0.05, 0) is 81.1 Å². The summed E-state index contributed by atoms with van der Waals surface area (Å²) in [7, 11) is 3.12. The molecule has 0 saturated heterocycles. The lowest BCUT2D eigenvalue weighted by Gasteiger charge is -2.34. The average molecular weight is 655 g/mol. The van der Waals surface area contributed by atoms with Crippen molar-refractivity contribution in [2.24, 2.45) is 5.92 Å². The highest BCUT2D eigenvalue weighted by Gasteiger charge is 2.34. The van der Waals surface area contributed by atoms with Crippen LogP contribution in [-0.2, 0) is 4.74 Å². The molecule has 0 bridgehead atoms. The molecule has 5 aromatic rings. The third-order valence-corrected chi connectivity index (χ3v) is 9.38. The molecule has 1 atom stereocenters. The molecular weight excluding hydrogens is 608 g/mol. The van der Waals surface area contributed by atoms with Gasteiger partial charge >= 0.3 is 5.97 Å². The van der Waals surface area contributed by atoms with Gasteiger partial charge in [0.25, 0.3) is 0 Å². The Morgan fingerprint density at radius 1 is 0.755 bits per heavy atom. The molecular formula is C43H46N2O4. The standard InChI is InChI=1S/C43H46N2O4/c1-8-44(24-23-28(2)3)33-21-22-36-39(25-33)49-40-27-41(47-6)38(26-37(40)42(36)34-11-9-10-12-35(34)43(46)48-7)45(31-17-13-29(4)14-18-31)32-19-15-30(5)16-20-32/h9-22,25-28,42H,8,23-24H2,1-7H3. The zero-order chi connectivity index (χ0) is 34.7. The maximum atomic E-state index is 13.2. The number of ether oxygens (including phenoxy) is 3. The molecule has 49 heavy (non-hydrogen) atoms. The van der Waals surface area contributed by atoms with Gasteiger partial charge in [-0.2, -0.15) is 0 Å². The molecule has 6 heteroatoms. The number of hydrogen-bond acceptors (Lipinski definition) is 6. The van der Waals surface area contributed by atoms with Gasteiger partial charge in [-0.15, -0.1) is 0 Å². The summed E-state index contributed by atoms with van der Waals surface area (Å²) in [6.07, 6.45) is 1.10. The molecule has 1 aliphatic heterocycles. The van der Waals surface area contributed by atoms with E-state index in [1.54, 1.807) is 7.11 Å². The number of esters is 1. The monoisotopic (exact) mass is 654 g/mol. The second kappa shape index (κ2) is 14.5. The molecule has 1 aliphatic rings. The Morgan fingerprint density at radius 3 is 1.96 bits per heavy atom. The van der Waals surface area contributed by atoms with Gasteiger partial charge in [-0.25, -0.2) is 4.79 Å². The smallest absolute Gasteiger partial charge is 0.338 e. The lowest BCUT2D eigenvalue weighted by molar-refractivity contribution is 0.0599. The molecule has 5 aromatic carbocycles. The summed E-state index contributed by atoms with van der Waals surface area (Å²) in [6.45, 7) is 12.7. The number of carbonyl (C=O) groups excluding carboxylic acids is 1. The number of fused-ring (bicyclic) bond motifs is 2. The van der Waals surface area contributed by atoms with Crippen molar-refractivity contribution in [2.75, 3.05) is 37.1 Å². The predicted molar refractivity (Wildman–Crippen MR) is 200 cm³/mol. The molecule has 0 N–H and O–H groups in total. The Bertz CT molecular complexity index is 1890. The lowest BCUT2D eigenvalue weighted by atomic mass is 9.80. The number of nitrogens with zero attached hydrogens (tertiary/aromatic N) is 2. The minimum absolute atomic E-state index is 0.309. The second-order valence-corrected chi connectivity index (χ2v) is 13.2. The predicted octanol–water partition coefficient (Wildman–Crippen LogP) is 10.7. The molecule has 0 spiro atoms. The Kier molecular flexibility index (Phi) is 9.95. The van der Waals surface area contributed by atoms with Crippen LogP contribution >= 0.6 is 0 Å². The van der Waals surface area contributed by atoms with Crippen molar-refractivity contribution in [1.29, 1.82) is 0 Å². The molecule has 6 nitrogen and oxygen atoms in total. The Hall–Kier alpha value is -5.23. The topological polar surface area (TPSA) is 51.2 Å². The van der Waals surface area contributed by atoms with Gasteiger partial charge in [0.05, 0.1) is 25.5 Å². The summed E-state index contributed by atoms with van der Waals surface area (Å²) >= 11 is 0. The van der Waals surface area contributed by atoms with Gasteiger partial charge in [0.1, 0.15) is 17.2 Å². The van der Waals surface area contributed by atoms with E-state index in [1.807, 2.05) is 30.3 Å². The van der Waals surface area contributed by atoms with Crippen LogP contribution in [0.3, 0.4) is 0 Å². The Labute approximate surface area is 290 Å². The van der Waals surface area contributed by atoms with E-state index in [0.29, 0.717) is 23.0 Å². The second-order valence-electron chi connectivity index (χ2n) is 13.2. The molecule has 6 rings (SSSR count). The largest absolute Gasteiger partial charge is 0.494 e. The quantitative estimate of drug-likeness (QED) is 0.130. The highest BCUT2D eigenvalue weighted by atomic mass is 16.5. The molecule has 0 radical (unpaired) electrons. The van der Waals surface area contributed by atoms with Crippen LogP contribution in [0.5, 0.6) is 17.2 Å².